The lowest BCUT2D eigenvalue weighted by atomic mass is 9.99. The van der Waals surface area contributed by atoms with Crippen LogP contribution in [0.15, 0.2) is 65.7 Å². The number of hydrogen-bond acceptors (Lipinski definition) is 7. The molecule has 11 heteroatoms. The van der Waals surface area contributed by atoms with Crippen LogP contribution in [0.25, 0.3) is 11.1 Å². The molecule has 0 saturated carbocycles. The SMILES string of the molecule is C[C@H](CO)N1C[C@H](C)[C@H](CN(C)S(=O)(=O)c2ccc(C#N)cc2)Oc2ncc(-c3cccc(F)c3)cc2C1=O. The first-order valence-electron chi connectivity index (χ1n) is 12.4. The molecular weight excluding hydrogens is 523 g/mol. The fourth-order valence-electron chi connectivity index (χ4n) is 4.38. The Morgan fingerprint density at radius 3 is 2.59 bits per heavy atom. The first-order chi connectivity index (χ1) is 18.5. The molecule has 4 rings (SSSR count). The van der Waals surface area contributed by atoms with Gasteiger partial charge in [-0.3, -0.25) is 4.79 Å². The molecule has 1 aliphatic heterocycles. The van der Waals surface area contributed by atoms with Crippen molar-refractivity contribution in [1.29, 1.82) is 5.26 Å². The first kappa shape index (κ1) is 28.2. The molecular formula is C28H29FN4O5S. The number of amides is 1. The lowest BCUT2D eigenvalue weighted by Crippen LogP contribution is -2.50. The standard InChI is InChI=1S/C28H29FN4O5S/c1-18-15-33(19(2)17-34)28(35)25-12-22(21-5-4-6-23(29)11-21)14-31-27(25)38-26(18)16-32(3)39(36,37)24-9-7-20(13-30)8-10-24/h4-12,14,18-19,26,34H,15-17H2,1-3H3/t18-,19+,26-/m0/s1. The molecule has 0 bridgehead atoms. The highest BCUT2D eigenvalue weighted by Crippen LogP contribution is 2.31. The average molecular weight is 553 g/mol. The summed E-state index contributed by atoms with van der Waals surface area (Å²) in [4.78, 5) is 19.5. The minimum Gasteiger partial charge on any atom is -0.472 e. The quantitative estimate of drug-likeness (QED) is 0.477. The molecule has 0 unspecified atom stereocenters. The van der Waals surface area contributed by atoms with Crippen LogP contribution in [-0.2, 0) is 10.0 Å². The van der Waals surface area contributed by atoms with Gasteiger partial charge < -0.3 is 14.7 Å². The Balaban J connectivity index is 1.70. The number of pyridine rings is 1. The number of benzene rings is 2. The minimum atomic E-state index is -3.91. The van der Waals surface area contributed by atoms with Crippen molar-refractivity contribution in [1.82, 2.24) is 14.2 Å². The van der Waals surface area contributed by atoms with Gasteiger partial charge in [0.1, 0.15) is 17.5 Å². The number of halogens is 1. The van der Waals surface area contributed by atoms with E-state index in [1.807, 2.05) is 13.0 Å². The van der Waals surface area contributed by atoms with Gasteiger partial charge >= 0.3 is 0 Å². The summed E-state index contributed by atoms with van der Waals surface area (Å²) in [7, 11) is -2.48. The number of rotatable bonds is 7. The molecule has 0 aliphatic carbocycles. The van der Waals surface area contributed by atoms with Crippen molar-refractivity contribution in [3.05, 3.63) is 77.7 Å². The van der Waals surface area contributed by atoms with Crippen molar-refractivity contribution in [2.45, 2.75) is 30.9 Å². The maximum absolute atomic E-state index is 13.9. The number of carbonyl (C=O) groups excluding carboxylic acids is 1. The molecule has 0 spiro atoms. The Morgan fingerprint density at radius 2 is 1.95 bits per heavy atom. The van der Waals surface area contributed by atoms with Crippen LogP contribution in [0.1, 0.15) is 29.8 Å². The fourth-order valence-corrected chi connectivity index (χ4v) is 5.56. The van der Waals surface area contributed by atoms with Crippen molar-refractivity contribution >= 4 is 15.9 Å². The highest BCUT2D eigenvalue weighted by atomic mass is 32.2. The van der Waals surface area contributed by atoms with Crippen LogP contribution in [0, 0.1) is 23.1 Å². The van der Waals surface area contributed by atoms with E-state index in [0.717, 1.165) is 0 Å². The van der Waals surface area contributed by atoms with Crippen LogP contribution < -0.4 is 4.74 Å². The number of nitrogens with zero attached hydrogens (tertiary/aromatic N) is 4. The third kappa shape index (κ3) is 5.93. The van der Waals surface area contributed by atoms with Gasteiger partial charge in [-0.15, -0.1) is 0 Å². The van der Waals surface area contributed by atoms with E-state index >= 15 is 0 Å². The van der Waals surface area contributed by atoms with Gasteiger partial charge in [0, 0.05) is 31.3 Å². The monoisotopic (exact) mass is 552 g/mol. The van der Waals surface area contributed by atoms with Gasteiger partial charge in [-0.05, 0) is 55.0 Å². The van der Waals surface area contributed by atoms with Crippen LogP contribution in [0.4, 0.5) is 4.39 Å². The number of hydrogen-bond donors (Lipinski definition) is 1. The number of likely N-dealkylation sites (N-methyl/N-ethyl adjacent to an activating group) is 1. The average Bonchev–Trinajstić information content (AvgIpc) is 2.94. The van der Waals surface area contributed by atoms with Crippen molar-refractivity contribution in [3.8, 4) is 23.1 Å². The van der Waals surface area contributed by atoms with Gasteiger partial charge in [-0.25, -0.2) is 17.8 Å². The molecule has 1 amide bonds. The third-order valence-electron chi connectivity index (χ3n) is 6.81. The zero-order valence-corrected chi connectivity index (χ0v) is 22.6. The van der Waals surface area contributed by atoms with Gasteiger partial charge in [0.05, 0.1) is 35.7 Å². The van der Waals surface area contributed by atoms with Gasteiger partial charge in [-0.2, -0.15) is 9.57 Å². The normalized spacial score (nSPS) is 18.5. The summed E-state index contributed by atoms with van der Waals surface area (Å²) in [5.74, 6) is -1.14. The summed E-state index contributed by atoms with van der Waals surface area (Å²) in [6, 6.07) is 14.5. The second-order valence-corrected chi connectivity index (χ2v) is 11.7. The molecule has 0 saturated heterocycles. The van der Waals surface area contributed by atoms with E-state index < -0.39 is 33.9 Å². The zero-order valence-electron chi connectivity index (χ0n) is 21.8. The Hall–Kier alpha value is -3.85. The van der Waals surface area contributed by atoms with E-state index in [4.69, 9.17) is 10.00 Å². The van der Waals surface area contributed by atoms with Crippen LogP contribution in [0.3, 0.4) is 0 Å². The Bertz CT molecular complexity index is 1510. The summed E-state index contributed by atoms with van der Waals surface area (Å²) in [5.41, 5.74) is 1.51. The van der Waals surface area contributed by atoms with E-state index in [9.17, 15) is 22.7 Å². The Labute approximate surface area is 227 Å². The number of ether oxygens (including phenoxy) is 1. The molecule has 204 valence electrons. The maximum atomic E-state index is 13.9. The molecule has 0 radical (unpaired) electrons. The Kier molecular flexibility index (Phi) is 8.30. The molecule has 9 nitrogen and oxygen atoms in total. The first-order valence-corrected chi connectivity index (χ1v) is 13.8. The van der Waals surface area contributed by atoms with E-state index in [1.54, 1.807) is 25.1 Å². The molecule has 0 fully saturated rings. The summed E-state index contributed by atoms with van der Waals surface area (Å²) in [5, 5.41) is 18.9. The highest BCUT2D eigenvalue weighted by Gasteiger charge is 2.36. The highest BCUT2D eigenvalue weighted by molar-refractivity contribution is 7.89. The fraction of sp³-hybridized carbons (Fsp3) is 0.321. The number of carbonyl (C=O) groups is 1. The van der Waals surface area contributed by atoms with E-state index in [0.29, 0.717) is 16.7 Å². The van der Waals surface area contributed by atoms with Gasteiger partial charge in [0.2, 0.25) is 15.9 Å². The maximum Gasteiger partial charge on any atom is 0.259 e. The number of nitriles is 1. The Morgan fingerprint density at radius 1 is 1.23 bits per heavy atom. The van der Waals surface area contributed by atoms with Crippen LogP contribution in [-0.4, -0.2) is 72.5 Å². The summed E-state index contributed by atoms with van der Waals surface area (Å²) >= 11 is 0. The second kappa shape index (κ2) is 11.5. The predicted molar refractivity (Wildman–Crippen MR) is 142 cm³/mol. The second-order valence-electron chi connectivity index (χ2n) is 9.63. The number of aliphatic hydroxyl groups is 1. The summed E-state index contributed by atoms with van der Waals surface area (Å²) in [6.07, 6.45) is 0.775. The minimum absolute atomic E-state index is 0.0241. The lowest BCUT2D eigenvalue weighted by molar-refractivity contribution is 0.0373. The molecule has 2 aromatic carbocycles. The third-order valence-corrected chi connectivity index (χ3v) is 8.65. The van der Waals surface area contributed by atoms with E-state index in [1.165, 1.54) is 58.8 Å². The number of aromatic nitrogens is 1. The van der Waals surface area contributed by atoms with Gasteiger partial charge in [0.15, 0.2) is 0 Å². The van der Waals surface area contributed by atoms with Crippen molar-refractivity contribution in [2.75, 3.05) is 26.7 Å². The van der Waals surface area contributed by atoms with Crippen LogP contribution >= 0.6 is 0 Å². The molecule has 1 aromatic heterocycles. The predicted octanol–water partition coefficient (Wildman–Crippen LogP) is 3.30. The smallest absolute Gasteiger partial charge is 0.259 e. The molecule has 2 heterocycles. The summed E-state index contributed by atoms with van der Waals surface area (Å²) < 4.78 is 47.7. The number of sulfonamides is 1. The molecule has 3 aromatic rings. The van der Waals surface area contributed by atoms with Crippen LogP contribution in [0.2, 0.25) is 0 Å². The van der Waals surface area contributed by atoms with E-state index in [-0.39, 0.29) is 42.0 Å². The topological polar surface area (TPSA) is 124 Å². The zero-order chi connectivity index (χ0) is 28.3. The largest absolute Gasteiger partial charge is 0.472 e. The molecule has 1 N–H and O–H groups in total. The van der Waals surface area contributed by atoms with E-state index in [2.05, 4.69) is 4.98 Å². The van der Waals surface area contributed by atoms with Gasteiger partial charge in [-0.1, -0.05) is 19.1 Å². The summed E-state index contributed by atoms with van der Waals surface area (Å²) in [6.45, 7) is 3.42. The number of fused-ring (bicyclic) bond motifs is 1. The lowest BCUT2D eigenvalue weighted by Gasteiger charge is -2.37. The molecule has 3 atom stereocenters. The number of aliphatic hydroxyl groups excluding tert-OH is 1. The van der Waals surface area contributed by atoms with Crippen LogP contribution in [0.5, 0.6) is 5.88 Å². The molecule has 39 heavy (non-hydrogen) atoms. The van der Waals surface area contributed by atoms with Crippen molar-refractivity contribution in [3.63, 3.8) is 0 Å². The van der Waals surface area contributed by atoms with Crippen molar-refractivity contribution in [2.24, 2.45) is 5.92 Å². The van der Waals surface area contributed by atoms with Crippen molar-refractivity contribution < 1.29 is 27.4 Å². The molecule has 1 aliphatic rings. The van der Waals surface area contributed by atoms with Gasteiger partial charge in [0.25, 0.3) is 5.91 Å².